The molecule has 4 aromatic carbocycles. The average Bonchev–Trinajstić information content (AvgIpc) is 3.06. The highest BCUT2D eigenvalue weighted by atomic mass is 79.9. The van der Waals surface area contributed by atoms with E-state index in [-0.39, 0.29) is 11.8 Å². The second kappa shape index (κ2) is 19.3. The number of carbonyl (C=O) groups is 2. The molecule has 0 aliphatic carbocycles. The lowest BCUT2D eigenvalue weighted by Gasteiger charge is -2.10. The van der Waals surface area contributed by atoms with Crippen molar-refractivity contribution in [1.82, 2.24) is 10.9 Å². The van der Waals surface area contributed by atoms with Crippen LogP contribution in [0.15, 0.2) is 116 Å². The number of hydrazone groups is 2. The molecule has 4 rings (SSSR count). The summed E-state index contributed by atoms with van der Waals surface area (Å²) in [5.41, 5.74) is 8.80. The molecule has 46 heavy (non-hydrogen) atoms. The van der Waals surface area contributed by atoms with Gasteiger partial charge in [0.05, 0.1) is 12.4 Å². The topological polar surface area (TPSA) is 101 Å². The molecule has 0 aromatic heterocycles. The highest BCUT2D eigenvalue weighted by Gasteiger charge is 2.07. The van der Waals surface area contributed by atoms with Crippen molar-refractivity contribution in [3.63, 3.8) is 0 Å². The summed E-state index contributed by atoms with van der Waals surface area (Å²) in [6, 6.07) is 31.1. The van der Waals surface area contributed by atoms with E-state index in [9.17, 15) is 9.59 Å². The van der Waals surface area contributed by atoms with Gasteiger partial charge in [0.25, 0.3) is 0 Å². The van der Waals surface area contributed by atoms with Crippen LogP contribution >= 0.6 is 31.9 Å². The summed E-state index contributed by atoms with van der Waals surface area (Å²) in [6.07, 6.45) is 6.94. The van der Waals surface area contributed by atoms with Crippen LogP contribution in [0.1, 0.15) is 60.8 Å². The van der Waals surface area contributed by atoms with Crippen molar-refractivity contribution in [2.75, 3.05) is 0 Å². The Bertz CT molecular complexity index is 1490. The minimum Gasteiger partial charge on any atom is -0.488 e. The van der Waals surface area contributed by atoms with Crippen molar-refractivity contribution in [2.24, 2.45) is 10.2 Å². The monoisotopic (exact) mass is 746 g/mol. The molecule has 0 fully saturated rings. The number of hydrogen-bond donors (Lipinski definition) is 2. The van der Waals surface area contributed by atoms with E-state index in [4.69, 9.17) is 9.47 Å². The summed E-state index contributed by atoms with van der Waals surface area (Å²) in [7, 11) is 0. The fraction of sp³-hybridized carbons (Fsp3) is 0.222. The zero-order valence-electron chi connectivity index (χ0n) is 25.3. The second-order valence-corrected chi connectivity index (χ2v) is 12.2. The fourth-order valence-electron chi connectivity index (χ4n) is 4.36. The van der Waals surface area contributed by atoms with E-state index in [2.05, 4.69) is 52.9 Å². The predicted octanol–water partition coefficient (Wildman–Crippen LogP) is 8.31. The Morgan fingerprint density at radius 2 is 1.00 bits per heavy atom. The average molecular weight is 749 g/mol. The van der Waals surface area contributed by atoms with E-state index in [1.54, 1.807) is 12.4 Å². The largest absolute Gasteiger partial charge is 0.488 e. The Morgan fingerprint density at radius 1 is 0.587 bits per heavy atom. The van der Waals surface area contributed by atoms with Crippen molar-refractivity contribution in [1.29, 1.82) is 0 Å². The van der Waals surface area contributed by atoms with Gasteiger partial charge < -0.3 is 9.47 Å². The van der Waals surface area contributed by atoms with E-state index >= 15 is 0 Å². The molecule has 8 nitrogen and oxygen atoms in total. The molecule has 0 spiro atoms. The van der Waals surface area contributed by atoms with Gasteiger partial charge in [0.15, 0.2) is 0 Å². The van der Waals surface area contributed by atoms with Gasteiger partial charge in [0.2, 0.25) is 11.8 Å². The highest BCUT2D eigenvalue weighted by molar-refractivity contribution is 9.10. The van der Waals surface area contributed by atoms with Crippen LogP contribution in [-0.4, -0.2) is 24.2 Å². The molecule has 10 heteroatoms. The van der Waals surface area contributed by atoms with Gasteiger partial charge in [0, 0.05) is 32.9 Å². The molecule has 4 aromatic rings. The lowest BCUT2D eigenvalue weighted by atomic mass is 10.1. The maximum Gasteiger partial charge on any atom is 0.240 e. The molecular weight excluding hydrogens is 712 g/mol. The van der Waals surface area contributed by atoms with Crippen molar-refractivity contribution in [2.45, 2.75) is 51.7 Å². The molecule has 2 N–H and O–H groups in total. The van der Waals surface area contributed by atoms with Crippen LogP contribution in [0.4, 0.5) is 0 Å². The number of ether oxygens (including phenoxy) is 2. The SMILES string of the molecule is O=C(CCCCCCC(=O)N/N=C\c1cc(Br)ccc1OCc1ccccc1)N/N=C\c1cc(Br)ccc1OCc1ccccc1. The number of halogens is 2. The normalized spacial score (nSPS) is 11.1. The Morgan fingerprint density at radius 3 is 1.41 bits per heavy atom. The smallest absolute Gasteiger partial charge is 0.240 e. The Balaban J connectivity index is 1.10. The zero-order valence-corrected chi connectivity index (χ0v) is 28.5. The van der Waals surface area contributed by atoms with Crippen LogP contribution in [-0.2, 0) is 22.8 Å². The van der Waals surface area contributed by atoms with E-state index < -0.39 is 0 Å². The minimum absolute atomic E-state index is 0.162. The Kier molecular flexibility index (Phi) is 14.5. The van der Waals surface area contributed by atoms with Crippen molar-refractivity contribution in [3.05, 3.63) is 128 Å². The van der Waals surface area contributed by atoms with Crippen molar-refractivity contribution in [3.8, 4) is 11.5 Å². The van der Waals surface area contributed by atoms with Crippen LogP contribution in [0.3, 0.4) is 0 Å². The van der Waals surface area contributed by atoms with E-state index in [0.29, 0.717) is 50.4 Å². The number of carbonyl (C=O) groups excluding carboxylic acids is 2. The van der Waals surface area contributed by atoms with E-state index in [0.717, 1.165) is 44.0 Å². The van der Waals surface area contributed by atoms with Crippen LogP contribution in [0, 0.1) is 0 Å². The first kappa shape index (κ1) is 34.6. The standard InChI is InChI=1S/C36H36Br2N4O4/c37-31-17-19-33(45-25-27-11-5-3-6-12-27)29(21-31)23-39-41-35(43)15-9-1-2-10-16-36(44)42-40-24-30-22-32(38)18-20-34(30)46-26-28-13-7-4-8-14-28/h3-8,11-14,17-24H,1-2,9-10,15-16,25-26H2,(H,41,43)(H,42,44)/b39-23-,40-24-. The van der Waals surface area contributed by atoms with Gasteiger partial charge >= 0.3 is 0 Å². The third-order valence-corrected chi connectivity index (χ3v) is 7.75. The molecule has 2 amide bonds. The predicted molar refractivity (Wildman–Crippen MR) is 189 cm³/mol. The van der Waals surface area contributed by atoms with Gasteiger partial charge in [-0.2, -0.15) is 10.2 Å². The van der Waals surface area contributed by atoms with Gasteiger partial charge in [-0.15, -0.1) is 0 Å². The third-order valence-electron chi connectivity index (χ3n) is 6.76. The van der Waals surface area contributed by atoms with E-state index in [1.165, 1.54) is 0 Å². The molecule has 0 bridgehead atoms. The Labute approximate surface area is 286 Å². The molecule has 0 atom stereocenters. The van der Waals surface area contributed by atoms with Gasteiger partial charge in [-0.1, -0.05) is 105 Å². The quantitative estimate of drug-likeness (QED) is 0.0645. The van der Waals surface area contributed by atoms with Crippen LogP contribution in [0.2, 0.25) is 0 Å². The van der Waals surface area contributed by atoms with Crippen LogP contribution in [0.5, 0.6) is 11.5 Å². The van der Waals surface area contributed by atoms with Crippen LogP contribution < -0.4 is 20.3 Å². The molecule has 0 saturated heterocycles. The molecule has 0 radical (unpaired) electrons. The molecule has 0 aliphatic heterocycles. The second-order valence-electron chi connectivity index (χ2n) is 10.4. The molecule has 0 heterocycles. The van der Waals surface area contributed by atoms with Crippen molar-refractivity contribution < 1.29 is 19.1 Å². The third kappa shape index (κ3) is 12.6. The number of rotatable bonds is 17. The highest BCUT2D eigenvalue weighted by Crippen LogP contribution is 2.24. The number of nitrogens with one attached hydrogen (secondary N) is 2. The Hall–Kier alpha value is -4.28. The summed E-state index contributed by atoms with van der Waals surface area (Å²) in [5.74, 6) is 1.02. The molecular formula is C36H36Br2N4O4. The minimum atomic E-state index is -0.162. The first-order chi connectivity index (χ1) is 22.5. The number of nitrogens with zero attached hydrogens (tertiary/aromatic N) is 2. The lowest BCUT2D eigenvalue weighted by Crippen LogP contribution is -2.17. The number of amides is 2. The number of benzene rings is 4. The fourth-order valence-corrected chi connectivity index (χ4v) is 5.12. The maximum atomic E-state index is 12.3. The van der Waals surface area contributed by atoms with Gasteiger partial charge in [0.1, 0.15) is 24.7 Å². The van der Waals surface area contributed by atoms with Crippen LogP contribution in [0.25, 0.3) is 0 Å². The number of unbranched alkanes of at least 4 members (excludes halogenated alkanes) is 3. The maximum absolute atomic E-state index is 12.3. The molecule has 0 aliphatic rings. The summed E-state index contributed by atoms with van der Waals surface area (Å²) in [5, 5.41) is 8.24. The van der Waals surface area contributed by atoms with Crippen molar-refractivity contribution >= 4 is 56.1 Å². The number of hydrogen-bond acceptors (Lipinski definition) is 6. The first-order valence-electron chi connectivity index (χ1n) is 15.0. The summed E-state index contributed by atoms with van der Waals surface area (Å²) < 4.78 is 13.7. The molecule has 0 unspecified atom stereocenters. The van der Waals surface area contributed by atoms with E-state index in [1.807, 2.05) is 97.1 Å². The molecule has 0 saturated carbocycles. The summed E-state index contributed by atoms with van der Waals surface area (Å²) in [4.78, 5) is 24.5. The first-order valence-corrected chi connectivity index (χ1v) is 16.6. The lowest BCUT2D eigenvalue weighted by molar-refractivity contribution is -0.122. The summed E-state index contributed by atoms with van der Waals surface area (Å²) >= 11 is 6.95. The molecule has 238 valence electrons. The van der Waals surface area contributed by atoms with Gasteiger partial charge in [-0.05, 0) is 60.4 Å². The van der Waals surface area contributed by atoms with Gasteiger partial charge in [-0.3, -0.25) is 9.59 Å². The summed E-state index contributed by atoms with van der Waals surface area (Å²) in [6.45, 7) is 0.866. The zero-order chi connectivity index (χ0) is 32.4. The van der Waals surface area contributed by atoms with Gasteiger partial charge in [-0.25, -0.2) is 10.9 Å².